The van der Waals surface area contributed by atoms with Gasteiger partial charge in [0.2, 0.25) is 0 Å². The maximum absolute atomic E-state index is 9.78. The summed E-state index contributed by atoms with van der Waals surface area (Å²) in [6, 6.07) is 8.35. The Bertz CT molecular complexity index is 406. The molecule has 0 aromatic heterocycles. The van der Waals surface area contributed by atoms with Gasteiger partial charge in [0.1, 0.15) is 5.75 Å². The van der Waals surface area contributed by atoms with Gasteiger partial charge in [0.05, 0.1) is 12.7 Å². The highest BCUT2D eigenvalue weighted by atomic mass is 16.5. The van der Waals surface area contributed by atoms with Crippen molar-refractivity contribution in [2.24, 2.45) is 5.92 Å². The van der Waals surface area contributed by atoms with Crippen LogP contribution >= 0.6 is 0 Å². The molecule has 2 rings (SSSR count). The van der Waals surface area contributed by atoms with E-state index >= 15 is 0 Å². The van der Waals surface area contributed by atoms with E-state index < -0.39 is 0 Å². The number of hydrogen-bond acceptors (Lipinski definition) is 2. The zero-order chi connectivity index (χ0) is 13.9. The first kappa shape index (κ1) is 14.4. The molecule has 19 heavy (non-hydrogen) atoms. The highest BCUT2D eigenvalue weighted by molar-refractivity contribution is 5.32. The lowest BCUT2D eigenvalue weighted by atomic mass is 9.87. The summed E-state index contributed by atoms with van der Waals surface area (Å²) < 4.78 is 5.84. The Morgan fingerprint density at radius 3 is 2.68 bits per heavy atom. The standard InChI is InChI=1S/C17H26O2/c1-17(2,3)14-7-5-8-15(12-14)19-11-10-13-6-4-9-16(13)18/h5,7-8,12-13,16,18H,4,6,9-11H2,1-3H3. The van der Waals surface area contributed by atoms with Crippen molar-refractivity contribution in [1.29, 1.82) is 0 Å². The van der Waals surface area contributed by atoms with Crippen molar-refractivity contribution >= 4 is 0 Å². The fourth-order valence-corrected chi connectivity index (χ4v) is 2.73. The summed E-state index contributed by atoms with van der Waals surface area (Å²) in [6.07, 6.45) is 4.12. The summed E-state index contributed by atoms with van der Waals surface area (Å²) in [6.45, 7) is 7.33. The lowest BCUT2D eigenvalue weighted by Gasteiger charge is -2.20. The minimum Gasteiger partial charge on any atom is -0.494 e. The van der Waals surface area contributed by atoms with Crippen LogP contribution in [0.3, 0.4) is 0 Å². The molecule has 2 unspecified atom stereocenters. The van der Waals surface area contributed by atoms with Crippen molar-refractivity contribution in [2.75, 3.05) is 6.61 Å². The summed E-state index contributed by atoms with van der Waals surface area (Å²) in [5, 5.41) is 9.78. The van der Waals surface area contributed by atoms with Crippen LogP contribution in [0.2, 0.25) is 0 Å². The van der Waals surface area contributed by atoms with Crippen LogP contribution in [0.15, 0.2) is 24.3 Å². The van der Waals surface area contributed by atoms with Gasteiger partial charge in [0.25, 0.3) is 0 Å². The largest absolute Gasteiger partial charge is 0.494 e. The molecule has 1 N–H and O–H groups in total. The van der Waals surface area contributed by atoms with Gasteiger partial charge in [0.15, 0.2) is 0 Å². The van der Waals surface area contributed by atoms with E-state index in [1.807, 2.05) is 6.07 Å². The third-order valence-corrected chi connectivity index (χ3v) is 4.08. The molecule has 1 aromatic carbocycles. The van der Waals surface area contributed by atoms with Crippen LogP contribution in [0.1, 0.15) is 52.0 Å². The van der Waals surface area contributed by atoms with Crippen molar-refractivity contribution in [2.45, 2.75) is 58.0 Å². The molecule has 106 valence electrons. The van der Waals surface area contributed by atoms with Gasteiger partial charge in [0, 0.05) is 0 Å². The Balaban J connectivity index is 1.86. The smallest absolute Gasteiger partial charge is 0.119 e. The molecule has 2 nitrogen and oxygen atoms in total. The van der Waals surface area contributed by atoms with Gasteiger partial charge in [-0.15, -0.1) is 0 Å². The van der Waals surface area contributed by atoms with Crippen LogP contribution in [0.4, 0.5) is 0 Å². The van der Waals surface area contributed by atoms with E-state index in [1.165, 1.54) is 5.56 Å². The molecule has 0 amide bonds. The van der Waals surface area contributed by atoms with Crippen molar-refractivity contribution in [1.82, 2.24) is 0 Å². The van der Waals surface area contributed by atoms with Crippen molar-refractivity contribution in [3.05, 3.63) is 29.8 Å². The van der Waals surface area contributed by atoms with Crippen LogP contribution in [-0.4, -0.2) is 17.8 Å². The minimum absolute atomic E-state index is 0.107. The fourth-order valence-electron chi connectivity index (χ4n) is 2.73. The zero-order valence-corrected chi connectivity index (χ0v) is 12.4. The molecule has 0 bridgehead atoms. The number of rotatable bonds is 4. The molecular weight excluding hydrogens is 236 g/mol. The third-order valence-electron chi connectivity index (χ3n) is 4.08. The lowest BCUT2D eigenvalue weighted by Crippen LogP contribution is -2.16. The second-order valence-electron chi connectivity index (χ2n) is 6.67. The highest BCUT2D eigenvalue weighted by Gasteiger charge is 2.24. The first-order valence-electron chi connectivity index (χ1n) is 7.38. The van der Waals surface area contributed by atoms with Gasteiger partial charge >= 0.3 is 0 Å². The van der Waals surface area contributed by atoms with Crippen LogP contribution < -0.4 is 4.74 Å². The maximum Gasteiger partial charge on any atom is 0.119 e. The summed E-state index contributed by atoms with van der Waals surface area (Å²) in [7, 11) is 0. The Hall–Kier alpha value is -1.02. The summed E-state index contributed by atoms with van der Waals surface area (Å²) in [5.74, 6) is 1.38. The topological polar surface area (TPSA) is 29.5 Å². The van der Waals surface area contributed by atoms with E-state index in [0.717, 1.165) is 31.4 Å². The van der Waals surface area contributed by atoms with Gasteiger partial charge in [-0.2, -0.15) is 0 Å². The highest BCUT2D eigenvalue weighted by Crippen LogP contribution is 2.29. The van der Waals surface area contributed by atoms with Crippen LogP contribution in [-0.2, 0) is 5.41 Å². The van der Waals surface area contributed by atoms with Crippen LogP contribution in [0.5, 0.6) is 5.75 Å². The van der Waals surface area contributed by atoms with Gasteiger partial charge in [-0.3, -0.25) is 0 Å². The average molecular weight is 262 g/mol. The summed E-state index contributed by atoms with van der Waals surface area (Å²) in [4.78, 5) is 0. The fraction of sp³-hybridized carbons (Fsp3) is 0.647. The second kappa shape index (κ2) is 5.96. The number of benzene rings is 1. The van der Waals surface area contributed by atoms with Gasteiger partial charge in [-0.1, -0.05) is 39.3 Å². The van der Waals surface area contributed by atoms with E-state index in [1.54, 1.807) is 0 Å². The van der Waals surface area contributed by atoms with Crippen LogP contribution in [0, 0.1) is 5.92 Å². The minimum atomic E-state index is -0.107. The predicted molar refractivity (Wildman–Crippen MR) is 78.6 cm³/mol. The molecule has 2 atom stereocenters. The number of ether oxygens (including phenoxy) is 1. The second-order valence-corrected chi connectivity index (χ2v) is 6.67. The lowest BCUT2D eigenvalue weighted by molar-refractivity contribution is 0.117. The average Bonchev–Trinajstić information content (AvgIpc) is 2.75. The van der Waals surface area contributed by atoms with E-state index in [-0.39, 0.29) is 11.5 Å². The molecule has 0 heterocycles. The molecule has 1 aliphatic rings. The van der Waals surface area contributed by atoms with E-state index in [0.29, 0.717) is 12.5 Å². The van der Waals surface area contributed by atoms with Gasteiger partial charge < -0.3 is 9.84 Å². The van der Waals surface area contributed by atoms with E-state index in [9.17, 15) is 5.11 Å². The van der Waals surface area contributed by atoms with Gasteiger partial charge in [-0.25, -0.2) is 0 Å². The van der Waals surface area contributed by atoms with Gasteiger partial charge in [-0.05, 0) is 48.3 Å². The molecule has 1 aliphatic carbocycles. The summed E-state index contributed by atoms with van der Waals surface area (Å²) >= 11 is 0. The van der Waals surface area contributed by atoms with E-state index in [2.05, 4.69) is 39.0 Å². The Morgan fingerprint density at radius 1 is 1.26 bits per heavy atom. The first-order chi connectivity index (χ1) is 8.97. The molecule has 1 aromatic rings. The molecule has 1 fully saturated rings. The van der Waals surface area contributed by atoms with E-state index in [4.69, 9.17) is 4.74 Å². The Labute approximate surface area is 116 Å². The molecule has 0 saturated heterocycles. The van der Waals surface area contributed by atoms with Crippen molar-refractivity contribution < 1.29 is 9.84 Å². The van der Waals surface area contributed by atoms with Crippen molar-refractivity contribution in [3.63, 3.8) is 0 Å². The number of hydrogen-bond donors (Lipinski definition) is 1. The third kappa shape index (κ3) is 3.97. The predicted octanol–water partition coefficient (Wildman–Crippen LogP) is 3.91. The molecular formula is C17H26O2. The maximum atomic E-state index is 9.78. The number of aliphatic hydroxyl groups excluding tert-OH is 1. The molecule has 2 heteroatoms. The molecule has 0 aliphatic heterocycles. The summed E-state index contributed by atoms with van der Waals surface area (Å²) in [5.41, 5.74) is 1.45. The molecule has 1 saturated carbocycles. The molecule has 0 spiro atoms. The quantitative estimate of drug-likeness (QED) is 0.891. The van der Waals surface area contributed by atoms with Crippen molar-refractivity contribution in [3.8, 4) is 5.75 Å². The number of aliphatic hydroxyl groups is 1. The van der Waals surface area contributed by atoms with Crippen LogP contribution in [0.25, 0.3) is 0 Å². The Kier molecular flexibility index (Phi) is 4.51. The SMILES string of the molecule is CC(C)(C)c1cccc(OCCC2CCCC2O)c1. The monoisotopic (exact) mass is 262 g/mol. The normalized spacial score (nSPS) is 23.6. The molecule has 0 radical (unpaired) electrons. The Morgan fingerprint density at radius 2 is 2.05 bits per heavy atom. The zero-order valence-electron chi connectivity index (χ0n) is 12.4. The first-order valence-corrected chi connectivity index (χ1v) is 7.38.